The Balaban J connectivity index is 1.52. The van der Waals surface area contributed by atoms with Crippen LogP contribution in [0.3, 0.4) is 0 Å². The molecule has 26 heavy (non-hydrogen) atoms. The summed E-state index contributed by atoms with van der Waals surface area (Å²) >= 11 is 0. The number of nitrogens with zero attached hydrogens (tertiary/aromatic N) is 3. The molecule has 0 aliphatic carbocycles. The third-order valence-electron chi connectivity index (χ3n) is 4.75. The predicted octanol–water partition coefficient (Wildman–Crippen LogP) is 3.14. The quantitative estimate of drug-likeness (QED) is 0.792. The number of carbonyl (C=O) groups is 1. The van der Waals surface area contributed by atoms with Crippen LogP contribution in [0.1, 0.15) is 32.9 Å². The molecule has 0 unspecified atom stereocenters. The number of aromatic hydroxyl groups is 1. The van der Waals surface area contributed by atoms with Gasteiger partial charge in [-0.1, -0.05) is 42.0 Å². The Morgan fingerprint density at radius 3 is 2.73 bits per heavy atom. The predicted molar refractivity (Wildman–Crippen MR) is 99.1 cm³/mol. The van der Waals surface area contributed by atoms with Crippen molar-refractivity contribution in [3.63, 3.8) is 0 Å². The maximum Gasteiger partial charge on any atom is 0.258 e. The molecule has 0 spiro atoms. The molecule has 3 aromatic rings. The Hall–Kier alpha value is -3.08. The van der Waals surface area contributed by atoms with Crippen LogP contribution in [0.4, 0.5) is 0 Å². The number of hydrogen-bond donors (Lipinski definition) is 1. The number of aromatic nitrogens is 2. The number of rotatable bonds is 3. The fraction of sp³-hybridized carbons (Fsp3) is 0.238. The number of hydrogen-bond acceptors (Lipinski definition) is 3. The van der Waals surface area contributed by atoms with Crippen molar-refractivity contribution in [2.45, 2.75) is 26.4 Å². The van der Waals surface area contributed by atoms with E-state index in [0.29, 0.717) is 25.2 Å². The molecule has 5 nitrogen and oxygen atoms in total. The first-order valence-corrected chi connectivity index (χ1v) is 8.78. The maximum absolute atomic E-state index is 12.8. The van der Waals surface area contributed by atoms with Gasteiger partial charge in [0, 0.05) is 13.0 Å². The number of phenols is 1. The van der Waals surface area contributed by atoms with Gasteiger partial charge in [-0.15, -0.1) is 0 Å². The molecular formula is C21H21N3O2. The van der Waals surface area contributed by atoms with Crippen molar-refractivity contribution in [1.82, 2.24) is 14.7 Å². The summed E-state index contributed by atoms with van der Waals surface area (Å²) in [6.07, 6.45) is 0.785. The Morgan fingerprint density at radius 2 is 1.92 bits per heavy atom. The van der Waals surface area contributed by atoms with Crippen molar-refractivity contribution in [1.29, 1.82) is 0 Å². The lowest BCUT2D eigenvalue weighted by atomic mass is 10.1. The highest BCUT2D eigenvalue weighted by atomic mass is 16.3. The average molecular weight is 347 g/mol. The van der Waals surface area contributed by atoms with Gasteiger partial charge >= 0.3 is 0 Å². The van der Waals surface area contributed by atoms with Gasteiger partial charge in [0.1, 0.15) is 5.75 Å². The zero-order valence-corrected chi connectivity index (χ0v) is 14.7. The summed E-state index contributed by atoms with van der Waals surface area (Å²) in [5.74, 6) is -0.104. The Kier molecular flexibility index (Phi) is 4.21. The van der Waals surface area contributed by atoms with Crippen molar-refractivity contribution in [2.75, 3.05) is 6.54 Å². The average Bonchev–Trinajstić information content (AvgIpc) is 3.05. The van der Waals surface area contributed by atoms with Gasteiger partial charge in [0.15, 0.2) is 0 Å². The van der Waals surface area contributed by atoms with Gasteiger partial charge < -0.3 is 10.0 Å². The summed E-state index contributed by atoms with van der Waals surface area (Å²) in [6, 6.07) is 17.4. The SMILES string of the molecule is Cc1ccc(O)c(C(=O)N2CCn3nc(Cc4ccccc4)cc3C2)c1. The van der Waals surface area contributed by atoms with Gasteiger partial charge in [0.2, 0.25) is 0 Å². The molecule has 0 atom stereocenters. The standard InChI is InChI=1S/C21H21N3O2/c1-15-7-8-20(25)19(11-15)21(26)23-9-10-24-18(14-23)13-17(22-24)12-16-5-3-2-4-6-16/h2-8,11,13,25H,9-10,12,14H2,1H3. The normalized spacial score (nSPS) is 13.5. The maximum atomic E-state index is 12.8. The van der Waals surface area contributed by atoms with Gasteiger partial charge in [-0.05, 0) is 30.7 Å². The number of phenolic OH excluding ortho intramolecular Hbond substituents is 1. The molecule has 2 aromatic carbocycles. The third-order valence-corrected chi connectivity index (χ3v) is 4.75. The molecule has 0 fully saturated rings. The second-order valence-corrected chi connectivity index (χ2v) is 6.76. The van der Waals surface area contributed by atoms with Crippen molar-refractivity contribution < 1.29 is 9.90 Å². The molecule has 1 aliphatic heterocycles. The summed E-state index contributed by atoms with van der Waals surface area (Å²) < 4.78 is 1.98. The van der Waals surface area contributed by atoms with E-state index in [9.17, 15) is 9.90 Å². The van der Waals surface area contributed by atoms with E-state index in [0.717, 1.165) is 23.4 Å². The highest BCUT2D eigenvalue weighted by Crippen LogP contribution is 2.23. The zero-order chi connectivity index (χ0) is 18.1. The molecule has 5 heteroatoms. The van der Waals surface area contributed by atoms with Crippen LogP contribution in [-0.4, -0.2) is 32.2 Å². The van der Waals surface area contributed by atoms with Crippen LogP contribution < -0.4 is 0 Å². The number of fused-ring (bicyclic) bond motifs is 1. The summed E-state index contributed by atoms with van der Waals surface area (Å²) in [7, 11) is 0. The van der Waals surface area contributed by atoms with Gasteiger partial charge in [0.05, 0.1) is 30.0 Å². The first-order chi connectivity index (χ1) is 12.6. The van der Waals surface area contributed by atoms with E-state index in [1.807, 2.05) is 29.8 Å². The van der Waals surface area contributed by atoms with Crippen LogP contribution in [0.2, 0.25) is 0 Å². The monoisotopic (exact) mass is 347 g/mol. The van der Waals surface area contributed by atoms with Crippen LogP contribution in [0.5, 0.6) is 5.75 Å². The molecule has 1 aliphatic rings. The summed E-state index contributed by atoms with van der Waals surface area (Å²) in [6.45, 7) is 3.68. The van der Waals surface area contributed by atoms with Crippen molar-refractivity contribution in [2.24, 2.45) is 0 Å². The molecular weight excluding hydrogens is 326 g/mol. The van der Waals surface area contributed by atoms with E-state index in [2.05, 4.69) is 23.3 Å². The van der Waals surface area contributed by atoms with Gasteiger partial charge in [-0.2, -0.15) is 5.10 Å². The van der Waals surface area contributed by atoms with Crippen LogP contribution in [0, 0.1) is 6.92 Å². The molecule has 1 amide bonds. The Morgan fingerprint density at radius 1 is 1.12 bits per heavy atom. The van der Waals surface area contributed by atoms with E-state index in [4.69, 9.17) is 0 Å². The van der Waals surface area contributed by atoms with Crippen LogP contribution in [0.25, 0.3) is 0 Å². The highest BCUT2D eigenvalue weighted by molar-refractivity contribution is 5.97. The van der Waals surface area contributed by atoms with Gasteiger partial charge in [-0.3, -0.25) is 9.48 Å². The topological polar surface area (TPSA) is 58.4 Å². The van der Waals surface area contributed by atoms with Crippen molar-refractivity contribution in [3.05, 3.63) is 82.7 Å². The third kappa shape index (κ3) is 3.20. The first kappa shape index (κ1) is 16.4. The molecule has 1 aromatic heterocycles. The lowest BCUT2D eigenvalue weighted by Crippen LogP contribution is -2.38. The molecule has 2 heterocycles. The van der Waals surface area contributed by atoms with E-state index < -0.39 is 0 Å². The minimum atomic E-state index is -0.136. The summed E-state index contributed by atoms with van der Waals surface area (Å²) in [4.78, 5) is 14.6. The largest absolute Gasteiger partial charge is 0.507 e. The second-order valence-electron chi connectivity index (χ2n) is 6.76. The molecule has 4 rings (SSSR count). The summed E-state index contributed by atoms with van der Waals surface area (Å²) in [5.41, 5.74) is 4.59. The van der Waals surface area contributed by atoms with Gasteiger partial charge in [-0.25, -0.2) is 0 Å². The Bertz CT molecular complexity index is 947. The molecule has 0 saturated heterocycles. The van der Waals surface area contributed by atoms with E-state index in [-0.39, 0.29) is 11.7 Å². The number of aryl methyl sites for hydroxylation is 1. The fourth-order valence-electron chi connectivity index (χ4n) is 3.38. The minimum absolute atomic E-state index is 0.0319. The molecule has 132 valence electrons. The number of benzene rings is 2. The minimum Gasteiger partial charge on any atom is -0.507 e. The highest BCUT2D eigenvalue weighted by Gasteiger charge is 2.25. The lowest BCUT2D eigenvalue weighted by Gasteiger charge is -2.28. The zero-order valence-electron chi connectivity index (χ0n) is 14.7. The number of amides is 1. The van der Waals surface area contributed by atoms with Crippen LogP contribution in [-0.2, 0) is 19.5 Å². The molecule has 0 saturated carbocycles. The van der Waals surface area contributed by atoms with Crippen molar-refractivity contribution >= 4 is 5.91 Å². The Labute approximate surface area is 152 Å². The van der Waals surface area contributed by atoms with E-state index in [1.54, 1.807) is 23.1 Å². The van der Waals surface area contributed by atoms with Crippen LogP contribution in [0.15, 0.2) is 54.6 Å². The molecule has 1 N–H and O–H groups in total. The van der Waals surface area contributed by atoms with E-state index in [1.165, 1.54) is 5.56 Å². The van der Waals surface area contributed by atoms with Crippen LogP contribution >= 0.6 is 0 Å². The number of carbonyl (C=O) groups excluding carboxylic acids is 1. The molecule has 0 bridgehead atoms. The summed E-state index contributed by atoms with van der Waals surface area (Å²) in [5, 5.41) is 14.7. The first-order valence-electron chi connectivity index (χ1n) is 8.78. The fourth-order valence-corrected chi connectivity index (χ4v) is 3.38. The van der Waals surface area contributed by atoms with Crippen molar-refractivity contribution in [3.8, 4) is 5.75 Å². The smallest absolute Gasteiger partial charge is 0.258 e. The molecule has 0 radical (unpaired) electrons. The second kappa shape index (κ2) is 6.67. The lowest BCUT2D eigenvalue weighted by molar-refractivity contribution is 0.0703. The van der Waals surface area contributed by atoms with E-state index >= 15 is 0 Å². The van der Waals surface area contributed by atoms with Gasteiger partial charge in [0.25, 0.3) is 5.91 Å².